The van der Waals surface area contributed by atoms with Crippen molar-refractivity contribution in [3.05, 3.63) is 255 Å². The van der Waals surface area contributed by atoms with E-state index in [2.05, 4.69) is 149 Å². The summed E-state index contributed by atoms with van der Waals surface area (Å²) in [5, 5.41) is 95.0. The van der Waals surface area contributed by atoms with Gasteiger partial charge in [-0.25, -0.2) is 47.4 Å². The lowest BCUT2D eigenvalue weighted by atomic mass is 10.0. The van der Waals surface area contributed by atoms with E-state index in [0.717, 1.165) is 54.2 Å². The Morgan fingerprint density at radius 2 is 0.807 bits per heavy atom. The highest BCUT2D eigenvalue weighted by molar-refractivity contribution is 6.29. The number of para-hydroxylation sites is 3. The minimum atomic E-state index is -2.73. The average molecular weight is 1930 g/mol. The first-order valence-corrected chi connectivity index (χ1v) is 41.7. The standard InChI is InChI=1S/2C25H25N11O2.C16H16ClN7O2.C9H8N4O2.C9H10N4.C5H3FN2O2/c2*1-26-15-12-36(13-15)16-8-9-20(28-11-16)31-21-10-19(22(33-32-21)25(37)27-2)30-18-7-5-6-17(23(18)38-4)24-29-14-35(3)34-24;1-18-16(25)13-11(7-12(17)21-22-13)20-10-6-4-5-9(14(10)26-3)15-19-8-24(2)23-15;10-3-7-5-12(6-7)8-1-2-9(11-4-8)13(14)15;10-3-7-5-13(6-7)8-1-2-9(11)12-4-8;6-4-1-2-5(7-3-4)8(9)10/h2*5-11,14-15H,12-13H2,2-4H3,(H,27,37)(H2,28,30,31,32);4-8H,1-3H3,(H,18,25)(H,20,21);1-2,4,7H,5-6H2;1-2,4,7H,5-6H2,(H2,11,12);1-3H/i2*2D3;1D3;;;. The number of nitrogens with zero attached hydrogens (tertiary/aromatic N) is 30. The second kappa shape index (κ2) is 46.0. The Bertz CT molecular complexity index is 7080. The van der Waals surface area contributed by atoms with Crippen LogP contribution in [0.1, 0.15) is 43.8 Å². The van der Waals surface area contributed by atoms with E-state index < -0.39 is 54.3 Å². The quantitative estimate of drug-likeness (QED) is 0.0146. The monoisotopic (exact) mass is 1920 g/mol. The van der Waals surface area contributed by atoms with Crippen molar-refractivity contribution < 1.29 is 55.2 Å². The zero-order valence-corrected chi connectivity index (χ0v) is 75.4. The van der Waals surface area contributed by atoms with Gasteiger partial charge in [-0.3, -0.25) is 28.4 Å². The van der Waals surface area contributed by atoms with Gasteiger partial charge in [0.25, 0.3) is 29.8 Å². The van der Waals surface area contributed by atoms with Crippen LogP contribution in [0, 0.1) is 73.7 Å². The topological polar surface area (TPSA) is 591 Å². The first-order valence-electron chi connectivity index (χ1n) is 45.9. The fraction of sp³-hybridized carbons (Fsp3) is 0.236. The van der Waals surface area contributed by atoms with Crippen LogP contribution in [0.15, 0.2) is 183 Å². The number of carbonyl (C=O) groups excluding carboxylic acids is 3. The van der Waals surface area contributed by atoms with Gasteiger partial charge in [-0.05, 0) is 105 Å². The summed E-state index contributed by atoms with van der Waals surface area (Å²) in [7, 11) is 9.69. The van der Waals surface area contributed by atoms with Crippen LogP contribution in [0.2, 0.25) is 5.15 Å². The maximum absolute atomic E-state index is 12.8. The molecule has 3 aromatic carbocycles. The minimum absolute atomic E-state index is 0.00885. The van der Waals surface area contributed by atoms with Gasteiger partial charge >= 0.3 is 11.6 Å². The molecule has 11 aromatic heterocycles. The molecule has 18 rings (SSSR count). The van der Waals surface area contributed by atoms with Crippen LogP contribution < -0.4 is 82.1 Å². The number of benzene rings is 3. The fourth-order valence-corrected chi connectivity index (χ4v) is 13.6. The van der Waals surface area contributed by atoms with Crippen molar-refractivity contribution >= 4 is 127 Å². The Kier molecular flexibility index (Phi) is 28.4. The smallest absolute Gasteiger partial charge is 0.363 e. The van der Waals surface area contributed by atoms with Crippen molar-refractivity contribution in [2.75, 3.05) is 147 Å². The van der Waals surface area contributed by atoms with Crippen LogP contribution in [0.25, 0.3) is 43.9 Å². The Labute approximate surface area is 814 Å². The number of aryl methyl sites for hydroxylation is 3. The number of methoxy groups -OCH3 is 3. The number of nitrogens with one attached hydrogen (secondary N) is 8. The minimum Gasteiger partial charge on any atom is -0.494 e. The molecule has 0 atom stereocenters. The van der Waals surface area contributed by atoms with Gasteiger partial charge in [0.2, 0.25) is 0 Å². The van der Waals surface area contributed by atoms with Gasteiger partial charge in [0.05, 0.1) is 164 Å². The van der Waals surface area contributed by atoms with Gasteiger partial charge < -0.3 is 112 Å². The van der Waals surface area contributed by atoms with Gasteiger partial charge in [-0.15, -0.1) is 30.6 Å². The summed E-state index contributed by atoms with van der Waals surface area (Å²) < 4.78 is 99.8. The van der Waals surface area contributed by atoms with E-state index in [1.165, 1.54) is 51.8 Å². The van der Waals surface area contributed by atoms with Crippen LogP contribution >= 0.6 is 11.6 Å². The first-order chi connectivity index (χ1) is 71.1. The molecule has 4 aliphatic rings. The van der Waals surface area contributed by atoms with Gasteiger partial charge in [0, 0.05) is 111 Å². The third-order valence-electron chi connectivity index (χ3n) is 20.6. The molecular weight excluding hydrogens is 1830 g/mol. The molecule has 15 heterocycles. The molecule has 4 saturated heterocycles. The van der Waals surface area contributed by atoms with Crippen molar-refractivity contribution in [2.24, 2.45) is 33.0 Å². The van der Waals surface area contributed by atoms with E-state index in [4.69, 9.17) is 67.6 Å². The number of nitrogens with two attached hydrogens (primary N) is 1. The van der Waals surface area contributed by atoms with Crippen LogP contribution in [0.3, 0.4) is 0 Å². The number of aromatic nitrogens is 20. The van der Waals surface area contributed by atoms with Crippen molar-refractivity contribution in [1.82, 2.24) is 116 Å². The number of pyridine rings is 5. The average Bonchev–Trinajstić information content (AvgIpc) is 1.76. The number of carbonyl (C=O) groups is 3. The van der Waals surface area contributed by atoms with E-state index >= 15 is 0 Å². The fourth-order valence-electron chi connectivity index (χ4n) is 13.5. The van der Waals surface area contributed by atoms with Crippen LogP contribution in [-0.2, 0) is 21.1 Å². The Balaban J connectivity index is 0.000000159. The Morgan fingerprint density at radius 3 is 1.11 bits per heavy atom. The SMILES string of the molecule is N#CC1CN(c2ccc(N)nc2)C1.N#CC1CN(c2ccc([N+](=O)[O-])nc2)C1.O=[N+]([O-])c1ccc(F)cn1.[2H]C([2H])([2H])NC(=O)c1nnc(Cl)cc1Nc1cccc(-c2ncn(C)n2)c1OC.[2H]C([2H])([2H])NC(=O)c1nnc(Nc2ccc(N3CC([N+]#[C-])C3)cn2)cc1Nc1cccc(-c2ncn(C)n2)c1OC.[2H]C([2H])([2H])NC(=O)c1nnc(Nc2ccc(N3CC([N+]#[C-])C3)cn2)cc1Nc1cccc(-c2ncn(C)n2)c1OC. The summed E-state index contributed by atoms with van der Waals surface area (Å²) in [5.74, 6) is 0.828. The number of anilines is 15. The number of ether oxygens (including phenoxy) is 3. The van der Waals surface area contributed by atoms with Crippen LogP contribution in [0.5, 0.6) is 17.2 Å². The van der Waals surface area contributed by atoms with Gasteiger partial charge in [0.15, 0.2) is 86.8 Å². The lowest BCUT2D eigenvalue weighted by molar-refractivity contribution is -0.389. The largest absolute Gasteiger partial charge is 0.494 e. The number of hydrogen-bond acceptors (Lipinski definition) is 39. The number of nitro groups is 2. The number of halogens is 2. The molecule has 0 unspecified atom stereocenters. The predicted molar refractivity (Wildman–Crippen MR) is 513 cm³/mol. The molecule has 14 aromatic rings. The second-order valence-electron chi connectivity index (χ2n) is 30.1. The zero-order chi connectivity index (χ0) is 107. The lowest BCUT2D eigenvalue weighted by Gasteiger charge is -2.36. The molecule has 49 nitrogen and oxygen atoms in total. The number of hydrogen-bond donors (Lipinski definition) is 9. The molecule has 140 heavy (non-hydrogen) atoms. The molecule has 4 aliphatic heterocycles. The molecule has 0 spiro atoms. The Hall–Kier alpha value is -19.1. The van der Waals surface area contributed by atoms with Crippen molar-refractivity contribution in [3.63, 3.8) is 0 Å². The van der Waals surface area contributed by atoms with Gasteiger partial charge in [-0.2, -0.15) is 25.8 Å². The van der Waals surface area contributed by atoms with Crippen molar-refractivity contribution in [1.29, 1.82) is 10.5 Å². The highest BCUT2D eigenvalue weighted by Crippen LogP contribution is 2.42. The summed E-state index contributed by atoms with van der Waals surface area (Å²) in [6, 6.07) is 40.5. The van der Waals surface area contributed by atoms with Crippen molar-refractivity contribution in [2.45, 2.75) is 12.1 Å². The lowest BCUT2D eigenvalue weighted by Crippen LogP contribution is -2.49. The molecule has 0 saturated carbocycles. The maximum Gasteiger partial charge on any atom is 0.363 e. The molecule has 0 radical (unpaired) electrons. The highest BCUT2D eigenvalue weighted by atomic mass is 35.5. The van der Waals surface area contributed by atoms with E-state index in [1.807, 2.05) is 39.0 Å². The molecule has 3 amide bonds. The van der Waals surface area contributed by atoms with Gasteiger partial charge in [-0.1, -0.05) is 29.8 Å². The van der Waals surface area contributed by atoms with Crippen LogP contribution in [0.4, 0.5) is 102 Å². The third-order valence-corrected chi connectivity index (χ3v) is 20.8. The van der Waals surface area contributed by atoms with Crippen LogP contribution in [-0.4, -0.2) is 234 Å². The molecule has 0 bridgehead atoms. The summed E-state index contributed by atoms with van der Waals surface area (Å²) in [5.41, 5.74) is 12.0. The normalized spacial score (nSPS) is 14.0. The summed E-state index contributed by atoms with van der Waals surface area (Å²) in [6.07, 6.45) is 12.1. The van der Waals surface area contributed by atoms with E-state index in [-0.39, 0.29) is 86.5 Å². The molecular formula is C89H87ClFN39O10. The van der Waals surface area contributed by atoms with E-state index in [9.17, 15) is 39.0 Å². The first kappa shape index (κ1) is 86.3. The molecule has 51 heteroatoms. The number of nitriles is 2. The van der Waals surface area contributed by atoms with Gasteiger partial charge in [0.1, 0.15) is 36.4 Å². The number of amides is 3. The molecule has 4 fully saturated rings. The Morgan fingerprint density at radius 1 is 0.457 bits per heavy atom. The second-order valence-corrected chi connectivity index (χ2v) is 30.5. The molecule has 712 valence electrons. The zero-order valence-electron chi connectivity index (χ0n) is 83.6. The summed E-state index contributed by atoms with van der Waals surface area (Å²) in [4.78, 5) is 105. The molecule has 0 aliphatic carbocycles. The van der Waals surface area contributed by atoms with E-state index in [1.54, 1.807) is 152 Å². The van der Waals surface area contributed by atoms with E-state index in [0.29, 0.717) is 125 Å². The number of rotatable bonds is 25. The summed E-state index contributed by atoms with van der Waals surface area (Å²) >= 11 is 5.91. The summed E-state index contributed by atoms with van der Waals surface area (Å²) in [6.45, 7) is 11.7. The molecule has 10 N–H and O–H groups in total. The number of nitrogen functional groups attached to an aromatic ring is 1. The maximum atomic E-state index is 12.8. The predicted octanol–water partition coefficient (Wildman–Crippen LogP) is 10.0. The highest BCUT2D eigenvalue weighted by Gasteiger charge is 2.35. The van der Waals surface area contributed by atoms with Crippen molar-refractivity contribution in [3.8, 4) is 63.6 Å². The third kappa shape index (κ3) is 24.6.